The molecule has 0 heterocycles. The third-order valence-electron chi connectivity index (χ3n) is 1.99. The molecular weight excluding hydrogens is 281 g/mol. The molecule has 0 amide bonds. The molecule has 0 N–H and O–H groups in total. The minimum absolute atomic E-state index is 0. The second kappa shape index (κ2) is 14.5. The van der Waals surface area contributed by atoms with E-state index in [2.05, 4.69) is 0 Å². The fourth-order valence-electron chi connectivity index (χ4n) is 1.03. The summed E-state index contributed by atoms with van der Waals surface area (Å²) in [5, 5.41) is 1.49. The van der Waals surface area contributed by atoms with Crippen LogP contribution in [-0.4, -0.2) is 36.7 Å². The molecule has 0 bridgehead atoms. The van der Waals surface area contributed by atoms with E-state index in [1.165, 1.54) is 5.06 Å². The minimum Gasteiger partial charge on any atom is -0.465 e. The molecule has 0 fully saturated rings. The molecule has 0 saturated carbocycles. The zero-order valence-corrected chi connectivity index (χ0v) is 12.8. The number of hydrogen-bond acceptors (Lipinski definition) is 5. The summed E-state index contributed by atoms with van der Waals surface area (Å²) in [4.78, 5) is 27.3. The van der Waals surface area contributed by atoms with Crippen LogP contribution < -0.4 is 0 Å². The number of unbranched alkanes of at least 4 members (excludes halogenated alkanes) is 1. The van der Waals surface area contributed by atoms with Gasteiger partial charge in [-0.1, -0.05) is 13.3 Å². The maximum atomic E-state index is 11.2. The standard InChI is InChI=1S/C11H21NO4.2ClH/c1-4-7-8-15-10(13)9-11(14)16-12(5-2)6-3;;/h4-9H2,1-3H3;2*1H. The summed E-state index contributed by atoms with van der Waals surface area (Å²) < 4.78 is 4.84. The van der Waals surface area contributed by atoms with Crippen LogP contribution in [0.4, 0.5) is 0 Å². The molecule has 18 heavy (non-hydrogen) atoms. The second-order valence-electron chi connectivity index (χ2n) is 3.33. The highest BCUT2D eigenvalue weighted by Crippen LogP contribution is 1.97. The van der Waals surface area contributed by atoms with Crippen LogP contribution in [0.5, 0.6) is 0 Å². The zero-order valence-electron chi connectivity index (χ0n) is 11.1. The minimum atomic E-state index is -0.565. The molecule has 0 spiro atoms. The molecule has 0 aliphatic carbocycles. The number of carbonyl (C=O) groups excluding carboxylic acids is 2. The van der Waals surface area contributed by atoms with E-state index in [1.54, 1.807) is 0 Å². The van der Waals surface area contributed by atoms with Gasteiger partial charge in [-0.15, -0.1) is 29.9 Å². The Morgan fingerprint density at radius 2 is 1.56 bits per heavy atom. The number of hydroxylamine groups is 2. The molecule has 0 radical (unpaired) electrons. The second-order valence-corrected chi connectivity index (χ2v) is 3.33. The number of halogens is 2. The van der Waals surface area contributed by atoms with Gasteiger partial charge >= 0.3 is 11.9 Å². The van der Waals surface area contributed by atoms with Crippen molar-refractivity contribution in [2.24, 2.45) is 0 Å². The summed E-state index contributed by atoms with van der Waals surface area (Å²) in [6, 6.07) is 0. The van der Waals surface area contributed by atoms with Crippen molar-refractivity contribution in [3.63, 3.8) is 0 Å². The normalized spacial score (nSPS) is 9.11. The van der Waals surface area contributed by atoms with Gasteiger partial charge in [-0.3, -0.25) is 4.79 Å². The highest BCUT2D eigenvalue weighted by atomic mass is 35.5. The fourth-order valence-corrected chi connectivity index (χ4v) is 1.03. The van der Waals surface area contributed by atoms with Gasteiger partial charge in [-0.05, 0) is 20.3 Å². The first-order valence-electron chi connectivity index (χ1n) is 5.75. The molecule has 0 aliphatic rings. The molecule has 0 aromatic carbocycles. The highest BCUT2D eigenvalue weighted by Gasteiger charge is 2.14. The van der Waals surface area contributed by atoms with Crippen LogP contribution in [0.1, 0.15) is 40.0 Å². The number of esters is 1. The number of ether oxygens (including phenoxy) is 1. The van der Waals surface area contributed by atoms with E-state index in [-0.39, 0.29) is 31.2 Å². The first kappa shape index (κ1) is 22.6. The molecule has 5 nitrogen and oxygen atoms in total. The molecule has 0 saturated heterocycles. The van der Waals surface area contributed by atoms with Gasteiger partial charge in [0, 0.05) is 13.1 Å². The third-order valence-corrected chi connectivity index (χ3v) is 1.99. The average molecular weight is 304 g/mol. The van der Waals surface area contributed by atoms with Gasteiger partial charge in [0.15, 0.2) is 0 Å². The van der Waals surface area contributed by atoms with Crippen molar-refractivity contribution in [1.29, 1.82) is 0 Å². The SMILES string of the molecule is CCCCOC(=O)CC(=O)ON(CC)CC.Cl.Cl. The first-order valence-corrected chi connectivity index (χ1v) is 5.75. The summed E-state index contributed by atoms with van der Waals surface area (Å²) in [6.07, 6.45) is 1.45. The first-order chi connectivity index (χ1) is 7.63. The smallest absolute Gasteiger partial charge is 0.336 e. The summed E-state index contributed by atoms with van der Waals surface area (Å²) >= 11 is 0. The predicted molar refractivity (Wildman–Crippen MR) is 74.0 cm³/mol. The predicted octanol–water partition coefficient (Wildman–Crippen LogP) is 2.36. The Bertz CT molecular complexity index is 223. The Morgan fingerprint density at radius 1 is 1.00 bits per heavy atom. The number of carbonyl (C=O) groups is 2. The van der Waals surface area contributed by atoms with Crippen LogP contribution in [0.15, 0.2) is 0 Å². The summed E-state index contributed by atoms with van der Waals surface area (Å²) in [7, 11) is 0. The van der Waals surface area contributed by atoms with Gasteiger partial charge in [0.2, 0.25) is 0 Å². The van der Waals surface area contributed by atoms with Crippen LogP contribution in [0, 0.1) is 0 Å². The summed E-state index contributed by atoms with van der Waals surface area (Å²) in [6.45, 7) is 7.32. The molecule has 7 heteroatoms. The Labute approximate surface area is 121 Å². The summed E-state index contributed by atoms with van der Waals surface area (Å²) in [5.41, 5.74) is 0. The Kier molecular flexibility index (Phi) is 18.3. The maximum Gasteiger partial charge on any atom is 0.336 e. The molecular formula is C11H23Cl2NO4. The number of nitrogens with zero attached hydrogens (tertiary/aromatic N) is 1. The van der Waals surface area contributed by atoms with Crippen molar-refractivity contribution < 1.29 is 19.2 Å². The largest absolute Gasteiger partial charge is 0.465 e. The van der Waals surface area contributed by atoms with E-state index in [0.29, 0.717) is 19.7 Å². The van der Waals surface area contributed by atoms with Gasteiger partial charge in [0.05, 0.1) is 6.61 Å². The number of hydrogen-bond donors (Lipinski definition) is 0. The van der Waals surface area contributed by atoms with Crippen LogP contribution in [0.3, 0.4) is 0 Å². The van der Waals surface area contributed by atoms with Crippen molar-refractivity contribution in [2.45, 2.75) is 40.0 Å². The van der Waals surface area contributed by atoms with E-state index >= 15 is 0 Å². The quantitative estimate of drug-likeness (QED) is 0.298. The lowest BCUT2D eigenvalue weighted by molar-refractivity contribution is -0.190. The van der Waals surface area contributed by atoms with Gasteiger partial charge in [0.25, 0.3) is 0 Å². The molecule has 110 valence electrons. The monoisotopic (exact) mass is 303 g/mol. The number of rotatable bonds is 8. The van der Waals surface area contributed by atoms with Crippen molar-refractivity contribution in [2.75, 3.05) is 19.7 Å². The highest BCUT2D eigenvalue weighted by molar-refractivity contribution is 5.91. The average Bonchev–Trinajstić information content (AvgIpc) is 2.26. The Hall–Kier alpha value is -0.520. The van der Waals surface area contributed by atoms with Gasteiger partial charge in [0.1, 0.15) is 6.42 Å². The lowest BCUT2D eigenvalue weighted by Gasteiger charge is -2.16. The van der Waals surface area contributed by atoms with Gasteiger partial charge in [-0.25, -0.2) is 4.79 Å². The van der Waals surface area contributed by atoms with Crippen molar-refractivity contribution in [1.82, 2.24) is 5.06 Å². The lowest BCUT2D eigenvalue weighted by atomic mass is 10.3. The van der Waals surface area contributed by atoms with Crippen molar-refractivity contribution >= 4 is 36.8 Å². The van der Waals surface area contributed by atoms with Crippen LogP contribution >= 0.6 is 24.8 Å². The maximum absolute atomic E-state index is 11.2. The molecule has 0 aliphatic heterocycles. The topological polar surface area (TPSA) is 55.8 Å². The molecule has 0 atom stereocenters. The van der Waals surface area contributed by atoms with Crippen molar-refractivity contribution in [3.8, 4) is 0 Å². The fraction of sp³-hybridized carbons (Fsp3) is 0.818. The van der Waals surface area contributed by atoms with E-state index in [0.717, 1.165) is 12.8 Å². The van der Waals surface area contributed by atoms with E-state index < -0.39 is 11.9 Å². The molecule has 0 aromatic rings. The van der Waals surface area contributed by atoms with E-state index in [1.807, 2.05) is 20.8 Å². The molecule has 0 aromatic heterocycles. The Morgan fingerprint density at radius 3 is 2.00 bits per heavy atom. The zero-order chi connectivity index (χ0) is 12.4. The molecule has 0 rings (SSSR count). The van der Waals surface area contributed by atoms with E-state index in [9.17, 15) is 9.59 Å². The molecule has 0 unspecified atom stereocenters. The van der Waals surface area contributed by atoms with Crippen LogP contribution in [0.2, 0.25) is 0 Å². The third kappa shape index (κ3) is 12.0. The van der Waals surface area contributed by atoms with E-state index in [4.69, 9.17) is 9.57 Å². The van der Waals surface area contributed by atoms with Crippen LogP contribution in [0.25, 0.3) is 0 Å². The van der Waals surface area contributed by atoms with Crippen molar-refractivity contribution in [3.05, 3.63) is 0 Å². The van der Waals surface area contributed by atoms with Crippen LogP contribution in [-0.2, 0) is 19.2 Å². The lowest BCUT2D eigenvalue weighted by Crippen LogP contribution is -2.28. The summed E-state index contributed by atoms with van der Waals surface area (Å²) in [5.74, 6) is -1.09. The Balaban J connectivity index is -0.00000112. The van der Waals surface area contributed by atoms with Gasteiger partial charge < -0.3 is 9.57 Å². The van der Waals surface area contributed by atoms with Gasteiger partial charge in [-0.2, -0.15) is 0 Å².